The average Bonchev–Trinajstić information content (AvgIpc) is 2.31. The SMILES string of the molecule is Clc1ccccc1.Clc1ccccc1.O=C(O)O. The molecule has 2 rings (SSSR count). The average molecular weight is 287 g/mol. The van der Waals surface area contributed by atoms with E-state index in [0.717, 1.165) is 10.0 Å². The molecule has 0 radical (unpaired) electrons. The smallest absolute Gasteiger partial charge is 0.450 e. The minimum absolute atomic E-state index is 0.794. The minimum Gasteiger partial charge on any atom is -0.450 e. The molecule has 0 aliphatic carbocycles. The van der Waals surface area contributed by atoms with Crippen LogP contribution in [0.5, 0.6) is 0 Å². The van der Waals surface area contributed by atoms with E-state index in [1.807, 2.05) is 60.7 Å². The molecule has 0 fully saturated rings. The highest BCUT2D eigenvalue weighted by molar-refractivity contribution is 6.30. The molecule has 2 aromatic carbocycles. The van der Waals surface area contributed by atoms with Crippen LogP contribution in [0.4, 0.5) is 4.79 Å². The Morgan fingerprint density at radius 3 is 1.06 bits per heavy atom. The van der Waals surface area contributed by atoms with E-state index in [1.165, 1.54) is 0 Å². The van der Waals surface area contributed by atoms with E-state index in [9.17, 15) is 0 Å². The van der Waals surface area contributed by atoms with Gasteiger partial charge in [-0.3, -0.25) is 0 Å². The van der Waals surface area contributed by atoms with Crippen molar-refractivity contribution in [2.45, 2.75) is 0 Å². The number of hydrogen-bond acceptors (Lipinski definition) is 1. The van der Waals surface area contributed by atoms with Gasteiger partial charge in [0.05, 0.1) is 0 Å². The molecule has 96 valence electrons. The fourth-order valence-electron chi connectivity index (χ4n) is 0.829. The fourth-order valence-corrected chi connectivity index (χ4v) is 1.12. The molecule has 0 unspecified atom stereocenters. The Hall–Kier alpha value is -1.71. The molecule has 0 spiro atoms. The molecule has 2 aromatic rings. The van der Waals surface area contributed by atoms with Crippen LogP contribution in [0.15, 0.2) is 60.7 Å². The van der Waals surface area contributed by atoms with Crippen molar-refractivity contribution in [3.05, 3.63) is 70.7 Å². The third-order valence-electron chi connectivity index (χ3n) is 1.47. The summed E-state index contributed by atoms with van der Waals surface area (Å²) in [7, 11) is 0. The van der Waals surface area contributed by atoms with Crippen molar-refractivity contribution in [3.63, 3.8) is 0 Å². The Balaban J connectivity index is 0.000000253. The summed E-state index contributed by atoms with van der Waals surface area (Å²) >= 11 is 11.1. The van der Waals surface area contributed by atoms with E-state index in [1.54, 1.807) is 0 Å². The first kappa shape index (κ1) is 16.3. The van der Waals surface area contributed by atoms with Gasteiger partial charge in [0.2, 0.25) is 0 Å². The Morgan fingerprint density at radius 1 is 0.722 bits per heavy atom. The van der Waals surface area contributed by atoms with Crippen molar-refractivity contribution in [1.29, 1.82) is 0 Å². The number of carboxylic acid groups (broad SMARTS) is 2. The predicted octanol–water partition coefficient (Wildman–Crippen LogP) is 4.90. The van der Waals surface area contributed by atoms with Gasteiger partial charge >= 0.3 is 6.16 Å². The first-order valence-electron chi connectivity index (χ1n) is 4.85. The molecule has 3 nitrogen and oxygen atoms in total. The van der Waals surface area contributed by atoms with Crippen LogP contribution >= 0.6 is 23.2 Å². The molecule has 0 bridgehead atoms. The second kappa shape index (κ2) is 10.4. The van der Waals surface area contributed by atoms with Crippen LogP contribution < -0.4 is 0 Å². The van der Waals surface area contributed by atoms with Crippen LogP contribution in [0, 0.1) is 0 Å². The van der Waals surface area contributed by atoms with Crippen molar-refractivity contribution in [2.24, 2.45) is 0 Å². The second-order valence-corrected chi connectivity index (χ2v) is 3.75. The first-order valence-corrected chi connectivity index (χ1v) is 5.61. The number of carbonyl (C=O) groups is 1. The summed E-state index contributed by atoms with van der Waals surface area (Å²) in [5, 5.41) is 15.5. The van der Waals surface area contributed by atoms with Crippen LogP contribution in [0.25, 0.3) is 0 Å². The van der Waals surface area contributed by atoms with Crippen LogP contribution in [0.3, 0.4) is 0 Å². The number of benzene rings is 2. The molecule has 5 heteroatoms. The molecule has 0 aliphatic heterocycles. The van der Waals surface area contributed by atoms with Gasteiger partial charge in [0.1, 0.15) is 0 Å². The molecular weight excluding hydrogens is 275 g/mol. The Kier molecular flexibility index (Phi) is 9.45. The van der Waals surface area contributed by atoms with E-state index in [-0.39, 0.29) is 0 Å². The monoisotopic (exact) mass is 286 g/mol. The molecule has 0 aromatic heterocycles. The molecule has 0 aliphatic rings. The fraction of sp³-hybridized carbons (Fsp3) is 0. The summed E-state index contributed by atoms with van der Waals surface area (Å²) in [4.78, 5) is 8.56. The second-order valence-electron chi connectivity index (χ2n) is 2.87. The highest BCUT2D eigenvalue weighted by Crippen LogP contribution is 2.04. The van der Waals surface area contributed by atoms with Crippen molar-refractivity contribution in [2.75, 3.05) is 0 Å². The lowest BCUT2D eigenvalue weighted by atomic mass is 10.4. The molecule has 0 saturated carbocycles. The molecule has 0 amide bonds. The third-order valence-corrected chi connectivity index (χ3v) is 1.97. The van der Waals surface area contributed by atoms with Gasteiger partial charge in [0, 0.05) is 10.0 Å². The highest BCUT2D eigenvalue weighted by Gasteiger charge is 1.75. The van der Waals surface area contributed by atoms with Crippen molar-refractivity contribution in [1.82, 2.24) is 0 Å². The van der Waals surface area contributed by atoms with Crippen molar-refractivity contribution < 1.29 is 15.0 Å². The number of rotatable bonds is 0. The Bertz CT molecular complexity index is 391. The van der Waals surface area contributed by atoms with Crippen LogP contribution in [0.2, 0.25) is 10.0 Å². The zero-order chi connectivity index (χ0) is 13.8. The van der Waals surface area contributed by atoms with E-state index >= 15 is 0 Å². The van der Waals surface area contributed by atoms with E-state index in [4.69, 9.17) is 38.2 Å². The lowest BCUT2D eigenvalue weighted by Gasteiger charge is -1.80. The Morgan fingerprint density at radius 2 is 0.944 bits per heavy atom. The first-order chi connectivity index (χ1) is 8.52. The summed E-state index contributed by atoms with van der Waals surface area (Å²) in [5.41, 5.74) is 0. The molecule has 0 saturated heterocycles. The summed E-state index contributed by atoms with van der Waals surface area (Å²) in [6, 6.07) is 18.9. The van der Waals surface area contributed by atoms with E-state index < -0.39 is 6.16 Å². The van der Waals surface area contributed by atoms with Gasteiger partial charge in [-0.2, -0.15) is 0 Å². The molecule has 2 N–H and O–H groups in total. The van der Waals surface area contributed by atoms with Gasteiger partial charge < -0.3 is 10.2 Å². The maximum Gasteiger partial charge on any atom is 0.503 e. The van der Waals surface area contributed by atoms with E-state index in [2.05, 4.69) is 0 Å². The number of hydrogen-bond donors (Lipinski definition) is 2. The van der Waals surface area contributed by atoms with Gasteiger partial charge in [-0.15, -0.1) is 0 Å². The summed E-state index contributed by atoms with van der Waals surface area (Å²) in [6.45, 7) is 0. The van der Waals surface area contributed by atoms with Crippen molar-refractivity contribution >= 4 is 29.4 Å². The van der Waals surface area contributed by atoms with Gasteiger partial charge in [0.25, 0.3) is 0 Å². The lowest BCUT2D eigenvalue weighted by molar-refractivity contribution is 0.137. The normalized spacial score (nSPS) is 8.11. The van der Waals surface area contributed by atoms with Crippen LogP contribution in [-0.2, 0) is 0 Å². The quantitative estimate of drug-likeness (QED) is 0.724. The summed E-state index contributed by atoms with van der Waals surface area (Å²) < 4.78 is 0. The largest absolute Gasteiger partial charge is 0.503 e. The molecule has 18 heavy (non-hydrogen) atoms. The summed E-state index contributed by atoms with van der Waals surface area (Å²) in [6.07, 6.45) is -1.83. The molecule has 0 heterocycles. The van der Waals surface area contributed by atoms with E-state index in [0.29, 0.717) is 0 Å². The highest BCUT2D eigenvalue weighted by atomic mass is 35.5. The minimum atomic E-state index is -1.83. The predicted molar refractivity (Wildman–Crippen MR) is 73.6 cm³/mol. The van der Waals surface area contributed by atoms with Gasteiger partial charge in [-0.05, 0) is 24.3 Å². The zero-order valence-corrected chi connectivity index (χ0v) is 10.8. The third kappa shape index (κ3) is 12.4. The standard InChI is InChI=1S/2C6H5Cl.CH2O3/c2*7-6-4-2-1-3-5-6;2-1(3)4/h2*1-5H;(H2,2,3,4). The molecular formula is C13H12Cl2O3. The number of halogens is 2. The topological polar surface area (TPSA) is 57.5 Å². The summed E-state index contributed by atoms with van der Waals surface area (Å²) in [5.74, 6) is 0. The molecule has 0 atom stereocenters. The van der Waals surface area contributed by atoms with Crippen molar-refractivity contribution in [3.8, 4) is 0 Å². The van der Waals surface area contributed by atoms with Crippen LogP contribution in [-0.4, -0.2) is 16.4 Å². The zero-order valence-electron chi connectivity index (χ0n) is 9.33. The van der Waals surface area contributed by atoms with Gasteiger partial charge in [0.15, 0.2) is 0 Å². The lowest BCUT2D eigenvalue weighted by Crippen LogP contribution is -1.81. The van der Waals surface area contributed by atoms with Gasteiger partial charge in [-0.1, -0.05) is 59.6 Å². The maximum absolute atomic E-state index is 8.56. The van der Waals surface area contributed by atoms with Gasteiger partial charge in [-0.25, -0.2) is 4.79 Å². The maximum atomic E-state index is 8.56. The Labute approximate surface area is 115 Å². The van der Waals surface area contributed by atoms with Crippen LogP contribution in [0.1, 0.15) is 0 Å².